The molecular weight excluding hydrogens is 271 g/mol. The summed E-state index contributed by atoms with van der Waals surface area (Å²) in [5, 5.41) is 8.38. The van der Waals surface area contributed by atoms with Crippen LogP contribution in [0.2, 0.25) is 0 Å². The Balaban J connectivity index is 1.87. The number of benzene rings is 1. The van der Waals surface area contributed by atoms with Gasteiger partial charge in [0, 0.05) is 5.69 Å². The van der Waals surface area contributed by atoms with Gasteiger partial charge in [0.15, 0.2) is 0 Å². The highest BCUT2D eigenvalue weighted by Crippen LogP contribution is 2.29. The third kappa shape index (κ3) is 4.12. The van der Waals surface area contributed by atoms with Gasteiger partial charge in [-0.05, 0) is 50.1 Å². The third-order valence-corrected chi connectivity index (χ3v) is 3.09. The number of carbonyl (C=O) groups is 1. The molecule has 0 radical (unpaired) electrons. The van der Waals surface area contributed by atoms with E-state index in [9.17, 15) is 18.0 Å². The lowest BCUT2D eigenvalue weighted by Crippen LogP contribution is -2.49. The Kier molecular flexibility index (Phi) is 4.49. The Morgan fingerprint density at radius 3 is 2.45 bits per heavy atom. The first-order valence-corrected chi connectivity index (χ1v) is 6.43. The van der Waals surface area contributed by atoms with Gasteiger partial charge in [0.1, 0.15) is 0 Å². The number of hydrogen-bond donors (Lipinski definition) is 3. The van der Waals surface area contributed by atoms with Crippen molar-refractivity contribution in [2.24, 2.45) is 0 Å². The Bertz CT molecular complexity index is 453. The fourth-order valence-corrected chi connectivity index (χ4v) is 2.04. The molecule has 1 heterocycles. The average molecular weight is 287 g/mol. The zero-order chi connectivity index (χ0) is 14.6. The summed E-state index contributed by atoms with van der Waals surface area (Å²) in [5.41, 5.74) is -0.413. The summed E-state index contributed by atoms with van der Waals surface area (Å²) >= 11 is 0. The van der Waals surface area contributed by atoms with Crippen molar-refractivity contribution in [2.45, 2.75) is 31.6 Å². The van der Waals surface area contributed by atoms with E-state index >= 15 is 0 Å². The fraction of sp³-hybridized carbons (Fsp3) is 0.462. The number of urea groups is 1. The second kappa shape index (κ2) is 6.13. The number of rotatable bonds is 2. The minimum atomic E-state index is -4.37. The van der Waals surface area contributed by atoms with Crippen LogP contribution >= 0.6 is 0 Å². The molecule has 1 atom stereocenters. The van der Waals surface area contributed by atoms with Crippen molar-refractivity contribution in [1.82, 2.24) is 10.6 Å². The lowest BCUT2D eigenvalue weighted by molar-refractivity contribution is -0.137. The van der Waals surface area contributed by atoms with Crippen LogP contribution in [0, 0.1) is 0 Å². The molecular formula is C13H16F3N3O. The van der Waals surface area contributed by atoms with Gasteiger partial charge in [-0.1, -0.05) is 0 Å². The van der Waals surface area contributed by atoms with E-state index in [1.165, 1.54) is 12.1 Å². The van der Waals surface area contributed by atoms with Crippen molar-refractivity contribution in [3.05, 3.63) is 29.8 Å². The van der Waals surface area contributed by atoms with Gasteiger partial charge in [-0.3, -0.25) is 5.32 Å². The van der Waals surface area contributed by atoms with Crippen LogP contribution in [0.5, 0.6) is 0 Å². The molecule has 2 rings (SSSR count). The topological polar surface area (TPSA) is 53.2 Å². The van der Waals surface area contributed by atoms with E-state index < -0.39 is 17.8 Å². The molecule has 1 fully saturated rings. The molecule has 110 valence electrons. The second-order valence-electron chi connectivity index (χ2n) is 4.68. The maximum atomic E-state index is 12.4. The van der Waals surface area contributed by atoms with Gasteiger partial charge in [0.05, 0.1) is 11.7 Å². The van der Waals surface area contributed by atoms with Crippen LogP contribution in [0.4, 0.5) is 23.7 Å². The van der Waals surface area contributed by atoms with E-state index in [0.717, 1.165) is 37.9 Å². The third-order valence-electron chi connectivity index (χ3n) is 3.09. The summed E-state index contributed by atoms with van der Waals surface area (Å²) in [6.07, 6.45) is -1.48. The predicted molar refractivity (Wildman–Crippen MR) is 69.2 cm³/mol. The van der Waals surface area contributed by atoms with Crippen molar-refractivity contribution in [1.29, 1.82) is 0 Å². The number of anilines is 1. The normalized spacial score (nSPS) is 19.4. The fourth-order valence-electron chi connectivity index (χ4n) is 2.04. The predicted octanol–water partition coefficient (Wildman–Crippen LogP) is 2.93. The van der Waals surface area contributed by atoms with Crippen molar-refractivity contribution in [3.8, 4) is 0 Å². The summed E-state index contributed by atoms with van der Waals surface area (Å²) in [5.74, 6) is 0. The Morgan fingerprint density at radius 1 is 1.20 bits per heavy atom. The molecule has 0 bridgehead atoms. The molecule has 3 N–H and O–H groups in total. The Hall–Kier alpha value is -1.76. The van der Waals surface area contributed by atoms with Crippen LogP contribution in [-0.2, 0) is 6.18 Å². The van der Waals surface area contributed by atoms with E-state index in [1.54, 1.807) is 0 Å². The SMILES string of the molecule is O=C(Nc1ccc(C(F)(F)F)cc1)NC1CCCCN1. The quantitative estimate of drug-likeness (QED) is 0.783. The molecule has 1 aromatic rings. The first kappa shape index (κ1) is 14.6. The molecule has 7 heteroatoms. The van der Waals surface area contributed by atoms with Crippen molar-refractivity contribution in [3.63, 3.8) is 0 Å². The van der Waals surface area contributed by atoms with Crippen LogP contribution in [0.25, 0.3) is 0 Å². The smallest absolute Gasteiger partial charge is 0.323 e. The van der Waals surface area contributed by atoms with E-state index in [1.807, 2.05) is 0 Å². The van der Waals surface area contributed by atoms with Crippen LogP contribution in [0.3, 0.4) is 0 Å². The van der Waals surface area contributed by atoms with E-state index in [-0.39, 0.29) is 6.17 Å². The second-order valence-corrected chi connectivity index (χ2v) is 4.68. The van der Waals surface area contributed by atoms with Gasteiger partial charge in [-0.2, -0.15) is 13.2 Å². The standard InChI is InChI=1S/C13H16F3N3O/c14-13(15,16)9-4-6-10(7-5-9)18-12(20)19-11-3-1-2-8-17-11/h4-7,11,17H,1-3,8H2,(H2,18,19,20). The lowest BCUT2D eigenvalue weighted by atomic mass is 10.1. The molecule has 1 saturated heterocycles. The zero-order valence-electron chi connectivity index (χ0n) is 10.8. The van der Waals surface area contributed by atoms with E-state index in [0.29, 0.717) is 5.69 Å². The molecule has 0 saturated carbocycles. The summed E-state index contributed by atoms with van der Waals surface area (Å²) in [7, 11) is 0. The molecule has 1 aromatic carbocycles. The van der Waals surface area contributed by atoms with Gasteiger partial charge in [-0.25, -0.2) is 4.79 Å². The number of alkyl halides is 3. The number of carbonyl (C=O) groups excluding carboxylic acids is 1. The zero-order valence-corrected chi connectivity index (χ0v) is 10.8. The number of hydrogen-bond acceptors (Lipinski definition) is 2. The van der Waals surface area contributed by atoms with Gasteiger partial charge in [0.2, 0.25) is 0 Å². The number of halogens is 3. The Morgan fingerprint density at radius 2 is 1.90 bits per heavy atom. The van der Waals surface area contributed by atoms with Crippen LogP contribution < -0.4 is 16.0 Å². The van der Waals surface area contributed by atoms with Crippen LogP contribution in [-0.4, -0.2) is 18.7 Å². The molecule has 20 heavy (non-hydrogen) atoms. The highest BCUT2D eigenvalue weighted by Gasteiger charge is 2.30. The molecule has 1 aliphatic rings. The van der Waals surface area contributed by atoms with Crippen LogP contribution in [0.1, 0.15) is 24.8 Å². The van der Waals surface area contributed by atoms with E-state index in [2.05, 4.69) is 16.0 Å². The summed E-state index contributed by atoms with van der Waals surface area (Å²) in [6, 6.07) is 3.92. The van der Waals surface area contributed by atoms with Crippen molar-refractivity contribution >= 4 is 11.7 Å². The molecule has 0 aliphatic carbocycles. The summed E-state index contributed by atoms with van der Waals surface area (Å²) in [4.78, 5) is 11.7. The highest BCUT2D eigenvalue weighted by atomic mass is 19.4. The summed E-state index contributed by atoms with van der Waals surface area (Å²) < 4.78 is 37.1. The first-order valence-electron chi connectivity index (χ1n) is 6.43. The van der Waals surface area contributed by atoms with Crippen molar-refractivity contribution in [2.75, 3.05) is 11.9 Å². The maximum absolute atomic E-state index is 12.4. The molecule has 0 spiro atoms. The average Bonchev–Trinajstić information content (AvgIpc) is 2.39. The van der Waals surface area contributed by atoms with Gasteiger partial charge in [-0.15, -0.1) is 0 Å². The van der Waals surface area contributed by atoms with Gasteiger partial charge in [0.25, 0.3) is 0 Å². The minimum absolute atomic E-state index is 0.0850. The Labute approximate surface area is 114 Å². The molecule has 0 aromatic heterocycles. The van der Waals surface area contributed by atoms with Crippen LogP contribution in [0.15, 0.2) is 24.3 Å². The first-order chi connectivity index (χ1) is 9.45. The number of amides is 2. The number of nitrogens with one attached hydrogen (secondary N) is 3. The number of piperidine rings is 1. The lowest BCUT2D eigenvalue weighted by Gasteiger charge is -2.24. The monoisotopic (exact) mass is 287 g/mol. The molecule has 4 nitrogen and oxygen atoms in total. The van der Waals surface area contributed by atoms with Crippen molar-refractivity contribution < 1.29 is 18.0 Å². The minimum Gasteiger partial charge on any atom is -0.323 e. The maximum Gasteiger partial charge on any atom is 0.416 e. The summed E-state index contributed by atoms with van der Waals surface area (Å²) in [6.45, 7) is 0.852. The largest absolute Gasteiger partial charge is 0.416 e. The van der Waals surface area contributed by atoms with E-state index in [4.69, 9.17) is 0 Å². The van der Waals surface area contributed by atoms with Gasteiger partial charge >= 0.3 is 12.2 Å². The molecule has 1 unspecified atom stereocenters. The van der Waals surface area contributed by atoms with Gasteiger partial charge < -0.3 is 10.6 Å². The molecule has 1 aliphatic heterocycles. The highest BCUT2D eigenvalue weighted by molar-refractivity contribution is 5.89. The molecule has 2 amide bonds.